The van der Waals surface area contributed by atoms with Gasteiger partial charge in [0.2, 0.25) is 0 Å². The highest BCUT2D eigenvalue weighted by molar-refractivity contribution is 5.24. The highest BCUT2D eigenvalue weighted by Gasteiger charge is 1.98. The van der Waals surface area contributed by atoms with Crippen LogP contribution in [-0.4, -0.2) is 6.54 Å². The van der Waals surface area contributed by atoms with E-state index in [1.54, 1.807) is 0 Å². The number of hydrogen-bond acceptors (Lipinski definition) is 2. The molecule has 0 atom stereocenters. The van der Waals surface area contributed by atoms with Crippen LogP contribution in [0.3, 0.4) is 0 Å². The normalized spacial score (nSPS) is 10.9. The maximum absolute atomic E-state index is 5.25. The summed E-state index contributed by atoms with van der Waals surface area (Å²) < 4.78 is 0. The molecule has 0 aliphatic carbocycles. The number of nitrogens with one attached hydrogen (secondary N) is 1. The van der Waals surface area contributed by atoms with E-state index in [4.69, 9.17) is 5.84 Å². The van der Waals surface area contributed by atoms with E-state index in [1.807, 2.05) is 0 Å². The Morgan fingerprint density at radius 3 is 2.64 bits per heavy atom. The van der Waals surface area contributed by atoms with E-state index < -0.39 is 0 Å². The van der Waals surface area contributed by atoms with Gasteiger partial charge < -0.3 is 0 Å². The Bertz CT molecular complexity index is 269. The first-order valence-corrected chi connectivity index (χ1v) is 5.23. The molecule has 0 amide bonds. The summed E-state index contributed by atoms with van der Waals surface area (Å²) in [7, 11) is 0. The predicted molar refractivity (Wildman–Crippen MR) is 60.9 cm³/mol. The third-order valence-corrected chi connectivity index (χ3v) is 2.19. The first-order chi connectivity index (χ1) is 6.72. The third-order valence-electron chi connectivity index (χ3n) is 2.19. The fourth-order valence-corrected chi connectivity index (χ4v) is 1.60. The predicted octanol–water partition coefficient (Wildman–Crippen LogP) is 1.89. The van der Waals surface area contributed by atoms with E-state index in [0.717, 1.165) is 25.3 Å². The molecule has 0 fully saturated rings. The van der Waals surface area contributed by atoms with Gasteiger partial charge in [-0.3, -0.25) is 11.3 Å². The molecule has 2 heteroatoms. The van der Waals surface area contributed by atoms with Gasteiger partial charge in [-0.2, -0.15) is 0 Å². The molecule has 0 saturated carbocycles. The Morgan fingerprint density at radius 2 is 2.00 bits per heavy atom. The van der Waals surface area contributed by atoms with Gasteiger partial charge in [-0.1, -0.05) is 38.1 Å². The van der Waals surface area contributed by atoms with Gasteiger partial charge in [-0.15, -0.1) is 0 Å². The minimum Gasteiger partial charge on any atom is -0.271 e. The third kappa shape index (κ3) is 3.90. The van der Waals surface area contributed by atoms with Crippen molar-refractivity contribution in [2.75, 3.05) is 6.54 Å². The topological polar surface area (TPSA) is 38.0 Å². The van der Waals surface area contributed by atoms with E-state index in [1.165, 1.54) is 11.1 Å². The van der Waals surface area contributed by atoms with Crippen LogP contribution in [-0.2, 0) is 12.8 Å². The van der Waals surface area contributed by atoms with Crippen molar-refractivity contribution < 1.29 is 0 Å². The van der Waals surface area contributed by atoms with Crippen LogP contribution in [0.2, 0.25) is 0 Å². The van der Waals surface area contributed by atoms with E-state index >= 15 is 0 Å². The van der Waals surface area contributed by atoms with Crippen molar-refractivity contribution in [1.29, 1.82) is 0 Å². The SMILES string of the molecule is CC(C)Cc1cccc(CCNN)c1. The van der Waals surface area contributed by atoms with Gasteiger partial charge in [-0.05, 0) is 29.9 Å². The maximum Gasteiger partial charge on any atom is 0.0138 e. The lowest BCUT2D eigenvalue weighted by molar-refractivity contribution is 0.646. The molecule has 1 aromatic rings. The van der Waals surface area contributed by atoms with Crippen LogP contribution >= 0.6 is 0 Å². The highest BCUT2D eigenvalue weighted by atomic mass is 15.2. The monoisotopic (exact) mass is 192 g/mol. The molecule has 0 aromatic heterocycles. The van der Waals surface area contributed by atoms with Gasteiger partial charge in [0.1, 0.15) is 0 Å². The molecule has 0 spiro atoms. The summed E-state index contributed by atoms with van der Waals surface area (Å²) in [4.78, 5) is 0. The second kappa shape index (κ2) is 5.78. The van der Waals surface area contributed by atoms with E-state index in [2.05, 4.69) is 43.5 Å². The van der Waals surface area contributed by atoms with Gasteiger partial charge in [0.15, 0.2) is 0 Å². The van der Waals surface area contributed by atoms with Gasteiger partial charge in [0.25, 0.3) is 0 Å². The van der Waals surface area contributed by atoms with Crippen LogP contribution in [0.25, 0.3) is 0 Å². The van der Waals surface area contributed by atoms with Crippen molar-refractivity contribution in [3.63, 3.8) is 0 Å². The number of hydrogen-bond donors (Lipinski definition) is 2. The summed E-state index contributed by atoms with van der Waals surface area (Å²) in [5, 5.41) is 0. The molecule has 14 heavy (non-hydrogen) atoms. The molecule has 0 saturated heterocycles. The van der Waals surface area contributed by atoms with Gasteiger partial charge in [-0.25, -0.2) is 0 Å². The first kappa shape index (κ1) is 11.2. The van der Waals surface area contributed by atoms with Crippen molar-refractivity contribution >= 4 is 0 Å². The quantitative estimate of drug-likeness (QED) is 0.552. The van der Waals surface area contributed by atoms with E-state index in [9.17, 15) is 0 Å². The Morgan fingerprint density at radius 1 is 1.29 bits per heavy atom. The minimum absolute atomic E-state index is 0.720. The van der Waals surface area contributed by atoms with Gasteiger partial charge in [0, 0.05) is 6.54 Å². The lowest BCUT2D eigenvalue weighted by Crippen LogP contribution is -2.24. The largest absolute Gasteiger partial charge is 0.271 e. The van der Waals surface area contributed by atoms with E-state index in [0.29, 0.717) is 0 Å². The molecule has 1 rings (SSSR count). The summed E-state index contributed by atoms with van der Waals surface area (Å²) in [6, 6.07) is 8.75. The molecule has 2 nitrogen and oxygen atoms in total. The summed E-state index contributed by atoms with van der Waals surface area (Å²) in [5.74, 6) is 5.97. The van der Waals surface area contributed by atoms with E-state index in [-0.39, 0.29) is 0 Å². The van der Waals surface area contributed by atoms with Crippen LogP contribution in [0.1, 0.15) is 25.0 Å². The smallest absolute Gasteiger partial charge is 0.0138 e. The number of nitrogens with two attached hydrogens (primary N) is 1. The zero-order valence-electron chi connectivity index (χ0n) is 9.09. The van der Waals surface area contributed by atoms with Gasteiger partial charge in [0.05, 0.1) is 0 Å². The second-order valence-corrected chi connectivity index (χ2v) is 4.12. The van der Waals surface area contributed by atoms with Crippen LogP contribution in [0.15, 0.2) is 24.3 Å². The Labute approximate surface area is 86.5 Å². The minimum atomic E-state index is 0.720. The average molecular weight is 192 g/mol. The van der Waals surface area contributed by atoms with Crippen LogP contribution in [0.5, 0.6) is 0 Å². The van der Waals surface area contributed by atoms with Crippen molar-refractivity contribution in [2.45, 2.75) is 26.7 Å². The van der Waals surface area contributed by atoms with Crippen LogP contribution < -0.4 is 11.3 Å². The zero-order chi connectivity index (χ0) is 10.4. The molecular formula is C12H20N2. The maximum atomic E-state index is 5.25. The molecular weight excluding hydrogens is 172 g/mol. The fourth-order valence-electron chi connectivity index (χ4n) is 1.60. The molecule has 1 aromatic carbocycles. The molecule has 0 heterocycles. The summed E-state index contributed by atoms with van der Waals surface area (Å²) in [5.41, 5.74) is 5.46. The average Bonchev–Trinajstić information content (AvgIpc) is 2.14. The standard InChI is InChI=1S/C12H20N2/c1-10(2)8-12-5-3-4-11(9-12)6-7-14-13/h3-5,9-10,14H,6-8,13H2,1-2H3. The number of benzene rings is 1. The van der Waals surface area contributed by atoms with Gasteiger partial charge >= 0.3 is 0 Å². The summed E-state index contributed by atoms with van der Waals surface area (Å²) in [6.45, 7) is 5.33. The molecule has 0 aliphatic rings. The molecule has 0 aliphatic heterocycles. The van der Waals surface area contributed by atoms with Crippen LogP contribution in [0, 0.1) is 5.92 Å². The molecule has 3 N–H and O–H groups in total. The fraction of sp³-hybridized carbons (Fsp3) is 0.500. The molecule has 0 bridgehead atoms. The summed E-state index contributed by atoms with van der Waals surface area (Å²) >= 11 is 0. The Hall–Kier alpha value is -0.860. The second-order valence-electron chi connectivity index (χ2n) is 4.12. The molecule has 78 valence electrons. The molecule has 0 unspecified atom stereocenters. The highest BCUT2D eigenvalue weighted by Crippen LogP contribution is 2.10. The first-order valence-electron chi connectivity index (χ1n) is 5.23. The Kier molecular flexibility index (Phi) is 4.63. The van der Waals surface area contributed by atoms with Crippen molar-refractivity contribution in [3.8, 4) is 0 Å². The number of hydrazine groups is 1. The number of rotatable bonds is 5. The van der Waals surface area contributed by atoms with Crippen molar-refractivity contribution in [3.05, 3.63) is 35.4 Å². The molecule has 0 radical (unpaired) electrons. The van der Waals surface area contributed by atoms with Crippen molar-refractivity contribution in [1.82, 2.24) is 5.43 Å². The van der Waals surface area contributed by atoms with Crippen molar-refractivity contribution in [2.24, 2.45) is 11.8 Å². The Balaban J connectivity index is 2.59. The summed E-state index contributed by atoms with van der Waals surface area (Å²) in [6.07, 6.45) is 2.16. The zero-order valence-corrected chi connectivity index (χ0v) is 9.09. The lowest BCUT2D eigenvalue weighted by Gasteiger charge is -2.07. The lowest BCUT2D eigenvalue weighted by atomic mass is 10.0. The van der Waals surface area contributed by atoms with Crippen LogP contribution in [0.4, 0.5) is 0 Å².